The molecule has 0 saturated carbocycles. The van der Waals surface area contributed by atoms with Gasteiger partial charge in [-0.3, -0.25) is 14.6 Å². The number of nitrogens with zero attached hydrogens (tertiary/aromatic N) is 2. The summed E-state index contributed by atoms with van der Waals surface area (Å²) in [6.45, 7) is 5.38. The maximum atomic E-state index is 13.1. The van der Waals surface area contributed by atoms with Gasteiger partial charge in [0.1, 0.15) is 11.3 Å². The van der Waals surface area contributed by atoms with Gasteiger partial charge < -0.3 is 25.8 Å². The highest BCUT2D eigenvalue weighted by Gasteiger charge is 2.45. The van der Waals surface area contributed by atoms with Crippen LogP contribution in [0.2, 0.25) is 0 Å². The lowest BCUT2D eigenvalue weighted by Crippen LogP contribution is -2.63. The number of hydrogen-bond acceptors (Lipinski definition) is 7. The van der Waals surface area contributed by atoms with Gasteiger partial charge in [-0.05, 0) is 63.4 Å². The molecule has 36 heavy (non-hydrogen) atoms. The summed E-state index contributed by atoms with van der Waals surface area (Å²) in [4.78, 5) is 42.8. The Bertz CT molecular complexity index is 1010. The third kappa shape index (κ3) is 5.34. The molecule has 0 spiro atoms. The van der Waals surface area contributed by atoms with Crippen molar-refractivity contribution in [2.45, 2.75) is 50.6 Å². The molecule has 4 rings (SSSR count). The molecule has 1 aromatic carbocycles. The predicted molar refractivity (Wildman–Crippen MR) is 134 cm³/mol. The minimum atomic E-state index is -0.675. The van der Waals surface area contributed by atoms with Crippen LogP contribution in [-0.4, -0.2) is 79.7 Å². The number of primary amides is 1. The number of likely N-dealkylation sites (tertiary alicyclic amines) is 2. The van der Waals surface area contributed by atoms with Crippen molar-refractivity contribution < 1.29 is 23.9 Å². The number of hydrogen-bond donors (Lipinski definition) is 3. The van der Waals surface area contributed by atoms with Gasteiger partial charge in [0.05, 0.1) is 25.3 Å². The standard InChI is InChI=1S/C26H37N5O5/c1-3-36-23(32)21-20(28-25(34)29-22(21)18-8-7-9-19(16-18)35-2)17-30-14-10-26(11-15-30,24(27)33)31-12-5-4-6-13-31/h7-9,16,22H,3-6,10-15,17H2,1-2H3,(H2,27,33)(H2,28,29,34)/t22-/m0/s1. The summed E-state index contributed by atoms with van der Waals surface area (Å²) in [6.07, 6.45) is 4.59. The molecular formula is C26H37N5O5. The molecule has 3 aliphatic heterocycles. The van der Waals surface area contributed by atoms with Gasteiger partial charge in [0.2, 0.25) is 5.91 Å². The first-order valence-corrected chi connectivity index (χ1v) is 12.8. The van der Waals surface area contributed by atoms with Crippen molar-refractivity contribution in [1.82, 2.24) is 20.4 Å². The highest BCUT2D eigenvalue weighted by Crippen LogP contribution is 2.34. The minimum absolute atomic E-state index is 0.217. The zero-order chi connectivity index (χ0) is 25.7. The lowest BCUT2D eigenvalue weighted by Gasteiger charge is -2.48. The third-order valence-electron chi connectivity index (χ3n) is 7.56. The lowest BCUT2D eigenvalue weighted by atomic mass is 9.83. The van der Waals surface area contributed by atoms with Crippen LogP contribution in [0.25, 0.3) is 0 Å². The molecule has 0 bridgehead atoms. The molecule has 4 N–H and O–H groups in total. The van der Waals surface area contributed by atoms with Crippen molar-refractivity contribution in [3.63, 3.8) is 0 Å². The van der Waals surface area contributed by atoms with E-state index in [1.54, 1.807) is 20.1 Å². The third-order valence-corrected chi connectivity index (χ3v) is 7.56. The van der Waals surface area contributed by atoms with E-state index in [9.17, 15) is 14.4 Å². The van der Waals surface area contributed by atoms with E-state index in [1.807, 2.05) is 18.2 Å². The fourth-order valence-corrected chi connectivity index (χ4v) is 5.61. The van der Waals surface area contributed by atoms with E-state index in [2.05, 4.69) is 20.4 Å². The molecule has 2 fully saturated rings. The Morgan fingerprint density at radius 3 is 2.50 bits per heavy atom. The highest BCUT2D eigenvalue weighted by molar-refractivity contribution is 5.95. The molecule has 3 aliphatic rings. The van der Waals surface area contributed by atoms with E-state index in [4.69, 9.17) is 15.2 Å². The molecule has 1 atom stereocenters. The smallest absolute Gasteiger partial charge is 0.338 e. The van der Waals surface area contributed by atoms with Crippen LogP contribution in [0.4, 0.5) is 4.79 Å². The fourth-order valence-electron chi connectivity index (χ4n) is 5.61. The molecule has 3 heterocycles. The molecule has 10 heteroatoms. The molecular weight excluding hydrogens is 462 g/mol. The SMILES string of the molecule is CCOC(=O)C1=C(CN2CCC(C(N)=O)(N3CCCCC3)CC2)NC(=O)N[C@H]1c1cccc(OC)c1. The summed E-state index contributed by atoms with van der Waals surface area (Å²) < 4.78 is 10.7. The van der Waals surface area contributed by atoms with Crippen molar-refractivity contribution in [2.75, 3.05) is 46.4 Å². The van der Waals surface area contributed by atoms with Gasteiger partial charge in [-0.15, -0.1) is 0 Å². The normalized spacial score (nSPS) is 22.9. The van der Waals surface area contributed by atoms with Crippen LogP contribution < -0.4 is 21.1 Å². The van der Waals surface area contributed by atoms with Crippen molar-refractivity contribution in [3.05, 3.63) is 41.1 Å². The summed E-state index contributed by atoms with van der Waals surface area (Å²) >= 11 is 0. The van der Waals surface area contributed by atoms with Crippen LogP contribution in [0, 0.1) is 0 Å². The number of methoxy groups -OCH3 is 1. The number of amides is 3. The molecule has 1 aromatic rings. The van der Waals surface area contributed by atoms with Gasteiger partial charge in [0, 0.05) is 25.3 Å². The van der Waals surface area contributed by atoms with Crippen LogP contribution in [0.5, 0.6) is 5.75 Å². The van der Waals surface area contributed by atoms with E-state index in [-0.39, 0.29) is 18.5 Å². The summed E-state index contributed by atoms with van der Waals surface area (Å²) in [7, 11) is 1.57. The first-order chi connectivity index (χ1) is 17.4. The number of urea groups is 1. The quantitative estimate of drug-likeness (QED) is 0.465. The highest BCUT2D eigenvalue weighted by atomic mass is 16.5. The van der Waals surface area contributed by atoms with Gasteiger partial charge in [0.25, 0.3) is 0 Å². The average molecular weight is 500 g/mol. The Hall–Kier alpha value is -3.11. The summed E-state index contributed by atoms with van der Waals surface area (Å²) in [5.74, 6) is -0.116. The number of piperidine rings is 2. The second kappa shape index (κ2) is 11.3. The molecule has 196 valence electrons. The van der Waals surface area contributed by atoms with Crippen molar-refractivity contribution in [1.29, 1.82) is 0 Å². The molecule has 10 nitrogen and oxygen atoms in total. The topological polar surface area (TPSA) is 126 Å². The van der Waals surface area contributed by atoms with E-state index in [1.165, 1.54) is 6.42 Å². The maximum Gasteiger partial charge on any atom is 0.338 e. The number of carbonyl (C=O) groups excluding carboxylic acids is 3. The molecule has 0 radical (unpaired) electrons. The Kier molecular flexibility index (Phi) is 8.15. The van der Waals surface area contributed by atoms with Crippen LogP contribution in [-0.2, 0) is 14.3 Å². The van der Waals surface area contributed by atoms with E-state index in [0.29, 0.717) is 49.5 Å². The first kappa shape index (κ1) is 26.0. The Morgan fingerprint density at radius 2 is 1.86 bits per heavy atom. The number of rotatable bonds is 8. The monoisotopic (exact) mass is 499 g/mol. The van der Waals surface area contributed by atoms with Crippen molar-refractivity contribution in [3.8, 4) is 5.75 Å². The predicted octanol–water partition coefficient (Wildman–Crippen LogP) is 1.67. The van der Waals surface area contributed by atoms with E-state index >= 15 is 0 Å². The van der Waals surface area contributed by atoms with E-state index < -0.39 is 17.6 Å². The van der Waals surface area contributed by atoms with Crippen LogP contribution in [0.15, 0.2) is 35.5 Å². The Labute approximate surface area is 212 Å². The minimum Gasteiger partial charge on any atom is -0.497 e. The number of nitrogens with two attached hydrogens (primary N) is 1. The van der Waals surface area contributed by atoms with Gasteiger partial charge in [-0.1, -0.05) is 18.6 Å². The number of benzene rings is 1. The number of carbonyl (C=O) groups is 3. The summed E-state index contributed by atoms with van der Waals surface area (Å²) in [5.41, 5.74) is 6.91. The van der Waals surface area contributed by atoms with Crippen molar-refractivity contribution in [2.24, 2.45) is 5.73 Å². The van der Waals surface area contributed by atoms with E-state index in [0.717, 1.165) is 31.5 Å². The zero-order valence-corrected chi connectivity index (χ0v) is 21.2. The van der Waals surface area contributed by atoms with Gasteiger partial charge in [0.15, 0.2) is 0 Å². The van der Waals surface area contributed by atoms with Crippen LogP contribution in [0.1, 0.15) is 50.6 Å². The number of nitrogens with one attached hydrogen (secondary N) is 2. The fraction of sp³-hybridized carbons (Fsp3) is 0.577. The number of esters is 1. The second-order valence-electron chi connectivity index (χ2n) is 9.64. The zero-order valence-electron chi connectivity index (χ0n) is 21.2. The molecule has 0 aromatic heterocycles. The van der Waals surface area contributed by atoms with Crippen LogP contribution in [0.3, 0.4) is 0 Å². The van der Waals surface area contributed by atoms with Crippen molar-refractivity contribution >= 4 is 17.9 Å². The molecule has 0 unspecified atom stereocenters. The summed E-state index contributed by atoms with van der Waals surface area (Å²) in [6, 6.07) is 6.21. The lowest BCUT2D eigenvalue weighted by molar-refractivity contribution is -0.139. The van der Waals surface area contributed by atoms with Gasteiger partial charge >= 0.3 is 12.0 Å². The summed E-state index contributed by atoms with van der Waals surface area (Å²) in [5, 5.41) is 5.70. The average Bonchev–Trinajstić information content (AvgIpc) is 2.89. The Balaban J connectivity index is 1.58. The Morgan fingerprint density at radius 1 is 1.14 bits per heavy atom. The van der Waals surface area contributed by atoms with Gasteiger partial charge in [-0.25, -0.2) is 9.59 Å². The molecule has 3 amide bonds. The van der Waals surface area contributed by atoms with Gasteiger partial charge in [-0.2, -0.15) is 0 Å². The molecule has 2 saturated heterocycles. The largest absolute Gasteiger partial charge is 0.497 e. The first-order valence-electron chi connectivity index (χ1n) is 12.8. The second-order valence-corrected chi connectivity index (χ2v) is 9.64. The van der Waals surface area contributed by atoms with Crippen LogP contribution >= 0.6 is 0 Å². The molecule has 0 aliphatic carbocycles. The number of ether oxygens (including phenoxy) is 2. The maximum absolute atomic E-state index is 13.1.